The van der Waals surface area contributed by atoms with E-state index in [4.69, 9.17) is 9.47 Å². The number of fused-ring (bicyclic) bond motifs is 1. The predicted octanol–water partition coefficient (Wildman–Crippen LogP) is 4.68. The van der Waals surface area contributed by atoms with Crippen molar-refractivity contribution in [2.24, 2.45) is 0 Å². The summed E-state index contributed by atoms with van der Waals surface area (Å²) in [5.41, 5.74) is 2.38. The van der Waals surface area contributed by atoms with Gasteiger partial charge in [0.1, 0.15) is 10.7 Å². The molecule has 0 unspecified atom stereocenters. The second-order valence-electron chi connectivity index (χ2n) is 7.29. The van der Waals surface area contributed by atoms with Crippen molar-refractivity contribution in [1.82, 2.24) is 4.57 Å². The number of hydrogen-bond donors (Lipinski definition) is 0. The van der Waals surface area contributed by atoms with Gasteiger partial charge in [0.2, 0.25) is 5.78 Å². The molecular weight excluding hydrogens is 393 g/mol. The Bertz CT molecular complexity index is 1080. The summed E-state index contributed by atoms with van der Waals surface area (Å²) in [5, 5.41) is 0.383. The van der Waals surface area contributed by atoms with Crippen molar-refractivity contribution in [2.75, 3.05) is 13.2 Å². The zero-order chi connectivity index (χ0) is 20.5. The third-order valence-electron chi connectivity index (χ3n) is 5.33. The van der Waals surface area contributed by atoms with Crippen LogP contribution in [0.3, 0.4) is 0 Å². The van der Waals surface area contributed by atoms with E-state index >= 15 is 0 Å². The van der Waals surface area contributed by atoms with Crippen LogP contribution in [-0.2, 0) is 16.0 Å². The molecule has 4 rings (SSSR count). The fraction of sp³-hybridized carbons (Fsp3) is 0.364. The summed E-state index contributed by atoms with van der Waals surface area (Å²) in [6.45, 7) is 5.01. The van der Waals surface area contributed by atoms with Gasteiger partial charge in [0.25, 0.3) is 0 Å². The van der Waals surface area contributed by atoms with E-state index in [1.807, 2.05) is 19.9 Å². The SMILES string of the molecule is Cc1cc(C(=O)COC(=O)c2cc3c(F)cccc3s2)c(C)n1C[C@@H]1CCCO1. The summed E-state index contributed by atoms with van der Waals surface area (Å²) in [7, 11) is 0. The van der Waals surface area contributed by atoms with Crippen LogP contribution in [0.25, 0.3) is 10.1 Å². The number of benzene rings is 1. The number of carbonyl (C=O) groups excluding carboxylic acids is 2. The number of rotatable bonds is 6. The average Bonchev–Trinajstić information content (AvgIpc) is 3.42. The van der Waals surface area contributed by atoms with Crippen molar-refractivity contribution >= 4 is 33.2 Å². The van der Waals surface area contributed by atoms with Crippen LogP contribution >= 0.6 is 11.3 Å². The molecule has 0 radical (unpaired) electrons. The molecule has 2 aromatic heterocycles. The summed E-state index contributed by atoms with van der Waals surface area (Å²) in [6.07, 6.45) is 2.26. The molecule has 1 aromatic carbocycles. The maximum absolute atomic E-state index is 13.8. The molecule has 3 aromatic rings. The van der Waals surface area contributed by atoms with Crippen molar-refractivity contribution in [1.29, 1.82) is 0 Å². The standard InChI is InChI=1S/C22H22FNO4S/c1-13-9-16(14(2)24(13)11-15-5-4-8-27-15)19(25)12-28-22(26)21-10-17-18(23)6-3-7-20(17)29-21/h3,6-7,9-10,15H,4-5,8,11-12H2,1-2H3/t15-/m0/s1. The van der Waals surface area contributed by atoms with E-state index in [1.54, 1.807) is 12.1 Å². The number of Topliss-reactive ketones (excluding diaryl/α,β-unsaturated/α-hetero) is 1. The molecule has 1 aliphatic heterocycles. The van der Waals surface area contributed by atoms with E-state index in [9.17, 15) is 14.0 Å². The van der Waals surface area contributed by atoms with Gasteiger partial charge in [-0.3, -0.25) is 4.79 Å². The number of esters is 1. The normalized spacial score (nSPS) is 16.4. The van der Waals surface area contributed by atoms with Crippen LogP contribution in [0.5, 0.6) is 0 Å². The second-order valence-corrected chi connectivity index (χ2v) is 8.38. The number of halogens is 1. The lowest BCUT2D eigenvalue weighted by molar-refractivity contribution is 0.0479. The molecule has 0 bridgehead atoms. The fourth-order valence-electron chi connectivity index (χ4n) is 3.76. The number of ether oxygens (including phenoxy) is 2. The molecule has 0 saturated carbocycles. The lowest BCUT2D eigenvalue weighted by Crippen LogP contribution is -2.18. The summed E-state index contributed by atoms with van der Waals surface area (Å²) < 4.78 is 27.5. The molecule has 1 saturated heterocycles. The van der Waals surface area contributed by atoms with Crippen LogP contribution < -0.4 is 0 Å². The Morgan fingerprint density at radius 3 is 2.86 bits per heavy atom. The zero-order valence-corrected chi connectivity index (χ0v) is 17.2. The van der Waals surface area contributed by atoms with Crippen LogP contribution in [0, 0.1) is 19.7 Å². The van der Waals surface area contributed by atoms with Gasteiger partial charge in [0, 0.05) is 40.2 Å². The molecule has 0 aliphatic carbocycles. The quantitative estimate of drug-likeness (QED) is 0.433. The number of aromatic nitrogens is 1. The van der Waals surface area contributed by atoms with Gasteiger partial charge in [-0.2, -0.15) is 0 Å². The number of thiophene rings is 1. The van der Waals surface area contributed by atoms with Gasteiger partial charge in [-0.25, -0.2) is 9.18 Å². The van der Waals surface area contributed by atoms with Crippen LogP contribution in [0.1, 0.15) is 44.3 Å². The van der Waals surface area contributed by atoms with Crippen LogP contribution in [0.15, 0.2) is 30.3 Å². The molecule has 5 nitrogen and oxygen atoms in total. The lowest BCUT2D eigenvalue weighted by atomic mass is 10.1. The first-order valence-electron chi connectivity index (χ1n) is 9.60. The molecule has 0 spiro atoms. The minimum absolute atomic E-state index is 0.175. The first kappa shape index (κ1) is 19.8. The van der Waals surface area contributed by atoms with Gasteiger partial charge >= 0.3 is 5.97 Å². The van der Waals surface area contributed by atoms with Gasteiger partial charge in [-0.05, 0) is 51.0 Å². The molecule has 1 atom stereocenters. The Balaban J connectivity index is 1.43. The van der Waals surface area contributed by atoms with Gasteiger partial charge in [-0.15, -0.1) is 11.3 Å². The summed E-state index contributed by atoms with van der Waals surface area (Å²) in [4.78, 5) is 25.3. The van der Waals surface area contributed by atoms with Gasteiger partial charge < -0.3 is 14.0 Å². The molecule has 1 fully saturated rings. The Morgan fingerprint density at radius 2 is 2.14 bits per heavy atom. The molecule has 29 heavy (non-hydrogen) atoms. The van der Waals surface area contributed by atoms with Crippen molar-refractivity contribution in [2.45, 2.75) is 39.3 Å². The highest BCUT2D eigenvalue weighted by Crippen LogP contribution is 2.28. The highest BCUT2D eigenvalue weighted by molar-refractivity contribution is 7.20. The molecule has 0 amide bonds. The highest BCUT2D eigenvalue weighted by atomic mass is 32.1. The Hall–Kier alpha value is -2.51. The molecule has 3 heterocycles. The van der Waals surface area contributed by atoms with E-state index in [1.165, 1.54) is 12.1 Å². The van der Waals surface area contributed by atoms with Gasteiger partial charge in [0.05, 0.1) is 6.10 Å². The fourth-order valence-corrected chi connectivity index (χ4v) is 4.73. The van der Waals surface area contributed by atoms with E-state index < -0.39 is 5.97 Å². The minimum Gasteiger partial charge on any atom is -0.453 e. The van der Waals surface area contributed by atoms with Crippen molar-refractivity contribution < 1.29 is 23.5 Å². The van der Waals surface area contributed by atoms with Crippen LogP contribution in [0.4, 0.5) is 4.39 Å². The van der Waals surface area contributed by atoms with E-state index in [-0.39, 0.29) is 29.2 Å². The Labute approximate surface area is 172 Å². The number of aryl methyl sites for hydroxylation is 1. The van der Waals surface area contributed by atoms with Crippen molar-refractivity contribution in [3.8, 4) is 0 Å². The summed E-state index contributed by atoms with van der Waals surface area (Å²) in [6, 6.07) is 7.98. The van der Waals surface area contributed by atoms with Crippen molar-refractivity contribution in [3.63, 3.8) is 0 Å². The molecule has 0 N–H and O–H groups in total. The number of hydrogen-bond acceptors (Lipinski definition) is 5. The molecule has 1 aliphatic rings. The number of carbonyl (C=O) groups is 2. The molecule has 7 heteroatoms. The highest BCUT2D eigenvalue weighted by Gasteiger charge is 2.22. The first-order chi connectivity index (χ1) is 13.9. The maximum Gasteiger partial charge on any atom is 0.348 e. The Kier molecular flexibility index (Phi) is 5.52. The van der Waals surface area contributed by atoms with Crippen LogP contribution in [-0.4, -0.2) is 35.6 Å². The van der Waals surface area contributed by atoms with Crippen LogP contribution in [0.2, 0.25) is 0 Å². The summed E-state index contributed by atoms with van der Waals surface area (Å²) >= 11 is 1.15. The molecular formula is C22H22FNO4S. The summed E-state index contributed by atoms with van der Waals surface area (Å²) in [5.74, 6) is -1.25. The smallest absolute Gasteiger partial charge is 0.348 e. The van der Waals surface area contributed by atoms with E-state index in [0.29, 0.717) is 15.6 Å². The number of nitrogens with zero attached hydrogens (tertiary/aromatic N) is 1. The largest absolute Gasteiger partial charge is 0.453 e. The number of ketones is 1. The van der Waals surface area contributed by atoms with Gasteiger partial charge in [-0.1, -0.05) is 6.07 Å². The second kappa shape index (κ2) is 8.08. The third kappa shape index (κ3) is 3.97. The minimum atomic E-state index is -0.618. The van der Waals surface area contributed by atoms with E-state index in [2.05, 4.69) is 4.57 Å². The Morgan fingerprint density at radius 1 is 1.31 bits per heavy atom. The monoisotopic (exact) mass is 415 g/mol. The predicted molar refractivity (Wildman–Crippen MR) is 109 cm³/mol. The average molecular weight is 415 g/mol. The first-order valence-corrected chi connectivity index (χ1v) is 10.4. The zero-order valence-electron chi connectivity index (χ0n) is 16.4. The van der Waals surface area contributed by atoms with Gasteiger partial charge in [0.15, 0.2) is 6.61 Å². The van der Waals surface area contributed by atoms with E-state index in [0.717, 1.165) is 48.7 Å². The maximum atomic E-state index is 13.8. The van der Waals surface area contributed by atoms with Crippen molar-refractivity contribution in [3.05, 3.63) is 58.0 Å². The molecule has 152 valence electrons. The topological polar surface area (TPSA) is 57.5 Å². The lowest BCUT2D eigenvalue weighted by Gasteiger charge is -2.14. The third-order valence-corrected chi connectivity index (χ3v) is 6.41.